The first-order valence-corrected chi connectivity index (χ1v) is 6.60. The fourth-order valence-corrected chi connectivity index (χ4v) is 2.25. The zero-order valence-corrected chi connectivity index (χ0v) is 11.5. The van der Waals surface area contributed by atoms with Crippen LogP contribution in [0.4, 0.5) is 13.2 Å². The maximum atomic E-state index is 12.1. The van der Waals surface area contributed by atoms with Gasteiger partial charge in [0.15, 0.2) is 0 Å². The second kappa shape index (κ2) is 5.83. The van der Waals surface area contributed by atoms with Gasteiger partial charge in [0.1, 0.15) is 5.82 Å². The number of hydrogen-bond donors (Lipinski definition) is 1. The normalized spacial score (nSPS) is 13.8. The summed E-state index contributed by atoms with van der Waals surface area (Å²) in [6.45, 7) is 2.23. The minimum absolute atomic E-state index is 0.0811. The van der Waals surface area contributed by atoms with E-state index in [1.54, 1.807) is 0 Å². The topological polar surface area (TPSA) is 29.9 Å². The van der Waals surface area contributed by atoms with Crippen molar-refractivity contribution in [2.75, 3.05) is 6.54 Å². The van der Waals surface area contributed by atoms with Gasteiger partial charge >= 0.3 is 6.18 Å². The molecule has 1 atom stereocenters. The maximum absolute atomic E-state index is 12.1. The molecule has 0 saturated carbocycles. The highest BCUT2D eigenvalue weighted by Crippen LogP contribution is 2.22. The van der Waals surface area contributed by atoms with Gasteiger partial charge in [-0.1, -0.05) is 12.1 Å². The first-order chi connectivity index (χ1) is 9.38. The zero-order chi connectivity index (χ0) is 14.8. The molecule has 1 heterocycles. The lowest BCUT2D eigenvalue weighted by molar-refractivity contribution is -0.135. The molecular formula is C14H18F3N3. The summed E-state index contributed by atoms with van der Waals surface area (Å²) in [5.74, 6) is 0.832. The van der Waals surface area contributed by atoms with Crippen molar-refractivity contribution in [3.63, 3.8) is 0 Å². The van der Waals surface area contributed by atoms with Crippen LogP contribution in [-0.4, -0.2) is 22.3 Å². The molecular weight excluding hydrogens is 267 g/mol. The average Bonchev–Trinajstić information content (AvgIpc) is 2.72. The van der Waals surface area contributed by atoms with Crippen LogP contribution < -0.4 is 5.32 Å². The van der Waals surface area contributed by atoms with Crippen LogP contribution in [0.15, 0.2) is 24.3 Å². The van der Waals surface area contributed by atoms with Crippen molar-refractivity contribution in [3.8, 4) is 0 Å². The Kier molecular flexibility index (Phi) is 4.32. The lowest BCUT2D eigenvalue weighted by Crippen LogP contribution is -2.23. The number of para-hydroxylation sites is 2. The van der Waals surface area contributed by atoms with Crippen LogP contribution in [0.2, 0.25) is 0 Å². The summed E-state index contributed by atoms with van der Waals surface area (Å²) in [5, 5.41) is 3.09. The molecule has 2 rings (SSSR count). The largest absolute Gasteiger partial charge is 0.389 e. The molecule has 2 aromatic rings. The second-order valence-electron chi connectivity index (χ2n) is 4.91. The number of rotatable bonds is 5. The van der Waals surface area contributed by atoms with Gasteiger partial charge in [-0.2, -0.15) is 13.2 Å². The molecule has 0 fully saturated rings. The first kappa shape index (κ1) is 14.8. The van der Waals surface area contributed by atoms with E-state index in [2.05, 4.69) is 10.3 Å². The number of nitrogens with one attached hydrogen (secondary N) is 1. The highest BCUT2D eigenvalue weighted by molar-refractivity contribution is 5.75. The van der Waals surface area contributed by atoms with Gasteiger partial charge in [-0.05, 0) is 32.0 Å². The predicted molar refractivity (Wildman–Crippen MR) is 72.4 cm³/mol. The molecule has 6 heteroatoms. The molecule has 110 valence electrons. The minimum atomic E-state index is -4.08. The molecule has 1 unspecified atom stereocenters. The van der Waals surface area contributed by atoms with E-state index in [4.69, 9.17) is 0 Å². The molecule has 0 amide bonds. The van der Waals surface area contributed by atoms with Crippen molar-refractivity contribution in [2.45, 2.75) is 32.0 Å². The summed E-state index contributed by atoms with van der Waals surface area (Å²) < 4.78 is 38.2. The second-order valence-corrected chi connectivity index (χ2v) is 4.91. The summed E-state index contributed by atoms with van der Waals surface area (Å²) in [7, 11) is 1.92. The molecule has 0 saturated heterocycles. The molecule has 1 aromatic heterocycles. The van der Waals surface area contributed by atoms with Crippen LogP contribution in [-0.2, 0) is 7.05 Å². The summed E-state index contributed by atoms with van der Waals surface area (Å²) in [5.41, 5.74) is 1.92. The molecule has 0 aliphatic carbocycles. The highest BCUT2D eigenvalue weighted by atomic mass is 19.4. The van der Waals surface area contributed by atoms with E-state index in [9.17, 15) is 13.2 Å². The first-order valence-electron chi connectivity index (χ1n) is 6.60. The molecule has 1 N–H and O–H groups in total. The summed E-state index contributed by atoms with van der Waals surface area (Å²) in [6.07, 6.45) is -4.75. The quantitative estimate of drug-likeness (QED) is 0.851. The van der Waals surface area contributed by atoms with Gasteiger partial charge in [-0.25, -0.2) is 4.98 Å². The van der Waals surface area contributed by atoms with E-state index in [-0.39, 0.29) is 12.5 Å². The smallest absolute Gasteiger partial charge is 0.330 e. The fraction of sp³-hybridized carbons (Fsp3) is 0.500. The van der Waals surface area contributed by atoms with E-state index >= 15 is 0 Å². The Morgan fingerprint density at radius 1 is 1.30 bits per heavy atom. The van der Waals surface area contributed by atoms with Gasteiger partial charge in [-0.3, -0.25) is 0 Å². The number of hydrogen-bond acceptors (Lipinski definition) is 2. The Bertz CT molecular complexity index is 575. The Labute approximate surface area is 115 Å². The number of imidazole rings is 1. The van der Waals surface area contributed by atoms with Crippen molar-refractivity contribution in [1.82, 2.24) is 14.9 Å². The third-order valence-electron chi connectivity index (χ3n) is 3.30. The zero-order valence-electron chi connectivity index (χ0n) is 11.5. The van der Waals surface area contributed by atoms with Crippen molar-refractivity contribution in [1.29, 1.82) is 0 Å². The number of halogens is 3. The fourth-order valence-electron chi connectivity index (χ4n) is 2.25. The standard InChI is InChI=1S/C14H18F3N3/c1-10(18-9-5-8-14(15,16)17)13-19-11-6-3-4-7-12(11)20(13)2/h3-4,6-7,10,18H,5,8-9H2,1-2H3. The van der Waals surface area contributed by atoms with E-state index in [1.165, 1.54) is 0 Å². The molecule has 1 aromatic carbocycles. The predicted octanol–water partition coefficient (Wildman–Crippen LogP) is 3.57. The number of nitrogens with zero attached hydrogens (tertiary/aromatic N) is 2. The van der Waals surface area contributed by atoms with E-state index in [0.717, 1.165) is 16.9 Å². The summed E-state index contributed by atoms with van der Waals surface area (Å²) >= 11 is 0. The van der Waals surface area contributed by atoms with Gasteiger partial charge < -0.3 is 9.88 Å². The van der Waals surface area contributed by atoms with Crippen LogP contribution in [0.5, 0.6) is 0 Å². The molecule has 3 nitrogen and oxygen atoms in total. The Morgan fingerprint density at radius 3 is 2.65 bits per heavy atom. The molecule has 0 radical (unpaired) electrons. The van der Waals surface area contributed by atoms with Crippen LogP contribution in [0.25, 0.3) is 11.0 Å². The Balaban J connectivity index is 1.97. The molecule has 0 bridgehead atoms. The van der Waals surface area contributed by atoms with Gasteiger partial charge in [0.05, 0.1) is 17.1 Å². The van der Waals surface area contributed by atoms with Crippen LogP contribution in [0, 0.1) is 0 Å². The maximum Gasteiger partial charge on any atom is 0.389 e. The van der Waals surface area contributed by atoms with Crippen molar-refractivity contribution >= 4 is 11.0 Å². The lowest BCUT2D eigenvalue weighted by Gasteiger charge is -2.14. The molecule has 20 heavy (non-hydrogen) atoms. The van der Waals surface area contributed by atoms with E-state index < -0.39 is 12.6 Å². The third-order valence-corrected chi connectivity index (χ3v) is 3.30. The molecule has 0 aliphatic heterocycles. The van der Waals surface area contributed by atoms with Crippen molar-refractivity contribution in [3.05, 3.63) is 30.1 Å². The van der Waals surface area contributed by atoms with Gasteiger partial charge in [0.2, 0.25) is 0 Å². The highest BCUT2D eigenvalue weighted by Gasteiger charge is 2.26. The van der Waals surface area contributed by atoms with E-state index in [0.29, 0.717) is 6.54 Å². The van der Waals surface area contributed by atoms with Crippen LogP contribution in [0.3, 0.4) is 0 Å². The Morgan fingerprint density at radius 2 is 2.00 bits per heavy atom. The van der Waals surface area contributed by atoms with Gasteiger partial charge in [-0.15, -0.1) is 0 Å². The lowest BCUT2D eigenvalue weighted by atomic mass is 10.2. The van der Waals surface area contributed by atoms with Gasteiger partial charge in [0, 0.05) is 13.5 Å². The SMILES string of the molecule is CC(NCCCC(F)(F)F)c1nc2ccccc2n1C. The van der Waals surface area contributed by atoms with Crippen LogP contribution in [0.1, 0.15) is 31.6 Å². The summed E-state index contributed by atoms with van der Waals surface area (Å²) in [6, 6.07) is 7.67. The van der Waals surface area contributed by atoms with Crippen LogP contribution >= 0.6 is 0 Å². The van der Waals surface area contributed by atoms with Crippen molar-refractivity contribution in [2.24, 2.45) is 7.05 Å². The number of alkyl halides is 3. The summed E-state index contributed by atoms with van der Waals surface area (Å²) in [4.78, 5) is 4.52. The average molecular weight is 285 g/mol. The van der Waals surface area contributed by atoms with E-state index in [1.807, 2.05) is 42.8 Å². The minimum Gasteiger partial charge on any atom is -0.330 e. The van der Waals surface area contributed by atoms with Gasteiger partial charge in [0.25, 0.3) is 0 Å². The monoisotopic (exact) mass is 285 g/mol. The Hall–Kier alpha value is -1.56. The number of fused-ring (bicyclic) bond motifs is 1. The molecule has 0 spiro atoms. The number of aryl methyl sites for hydroxylation is 1. The third kappa shape index (κ3) is 3.50. The molecule has 0 aliphatic rings. The number of aromatic nitrogens is 2. The number of benzene rings is 1. The van der Waals surface area contributed by atoms with Crippen molar-refractivity contribution < 1.29 is 13.2 Å².